The van der Waals surface area contributed by atoms with Crippen molar-refractivity contribution in [2.24, 2.45) is 0 Å². The monoisotopic (exact) mass is 295 g/mol. The zero-order valence-corrected chi connectivity index (χ0v) is 11.6. The van der Waals surface area contributed by atoms with E-state index in [4.69, 9.17) is 14.6 Å². The van der Waals surface area contributed by atoms with Crippen LogP contribution in [0.2, 0.25) is 0 Å². The smallest absolute Gasteiger partial charge is 0.341 e. The van der Waals surface area contributed by atoms with E-state index in [1.54, 1.807) is 31.2 Å². The fourth-order valence-corrected chi connectivity index (χ4v) is 1.50. The highest BCUT2D eigenvalue weighted by molar-refractivity contribution is 5.93. The predicted octanol–water partition coefficient (Wildman–Crippen LogP) is 1.43. The number of amides is 1. The maximum absolute atomic E-state index is 11.7. The molecule has 1 rings (SSSR count). The van der Waals surface area contributed by atoms with Gasteiger partial charge in [-0.2, -0.15) is 0 Å². The summed E-state index contributed by atoms with van der Waals surface area (Å²) in [5.41, 5.74) is 0.354. The van der Waals surface area contributed by atoms with E-state index in [2.05, 4.69) is 5.32 Å². The second kappa shape index (κ2) is 8.57. The van der Waals surface area contributed by atoms with Gasteiger partial charge in [0, 0.05) is 6.42 Å². The Balaban J connectivity index is 2.55. The molecule has 0 unspecified atom stereocenters. The molecule has 0 radical (unpaired) electrons. The van der Waals surface area contributed by atoms with E-state index < -0.39 is 18.5 Å². The van der Waals surface area contributed by atoms with Crippen molar-refractivity contribution in [3.05, 3.63) is 24.3 Å². The number of carboxylic acids is 1. The lowest BCUT2D eigenvalue weighted by Crippen LogP contribution is -2.16. The van der Waals surface area contributed by atoms with E-state index in [0.717, 1.165) is 0 Å². The Morgan fingerprint density at radius 2 is 1.90 bits per heavy atom. The minimum atomic E-state index is -1.11. The molecule has 7 nitrogen and oxygen atoms in total. The fourth-order valence-electron chi connectivity index (χ4n) is 1.50. The van der Waals surface area contributed by atoms with Crippen LogP contribution in [-0.2, 0) is 19.1 Å². The lowest BCUT2D eigenvalue weighted by molar-refractivity contribution is -0.144. The van der Waals surface area contributed by atoms with Crippen molar-refractivity contribution in [2.75, 3.05) is 18.5 Å². The SMILES string of the molecule is CCOC(=O)CCC(=O)Nc1ccccc1OCC(=O)O. The number of hydrogen-bond donors (Lipinski definition) is 2. The van der Waals surface area contributed by atoms with Crippen molar-refractivity contribution in [3.63, 3.8) is 0 Å². The van der Waals surface area contributed by atoms with Crippen LogP contribution in [0.3, 0.4) is 0 Å². The van der Waals surface area contributed by atoms with E-state index >= 15 is 0 Å². The van der Waals surface area contributed by atoms with Gasteiger partial charge < -0.3 is 19.9 Å². The van der Waals surface area contributed by atoms with Gasteiger partial charge >= 0.3 is 11.9 Å². The molecule has 0 aliphatic heterocycles. The second-order valence-corrected chi connectivity index (χ2v) is 4.03. The summed E-state index contributed by atoms with van der Waals surface area (Å²) < 4.78 is 9.78. The lowest BCUT2D eigenvalue weighted by Gasteiger charge is -2.11. The molecule has 0 aliphatic carbocycles. The standard InChI is InChI=1S/C14H17NO6/c1-2-20-14(19)8-7-12(16)15-10-5-3-4-6-11(10)21-9-13(17)18/h3-6H,2,7-9H2,1H3,(H,15,16)(H,17,18). The topological polar surface area (TPSA) is 102 Å². The molecule has 1 aromatic rings. The van der Waals surface area contributed by atoms with Gasteiger partial charge in [-0.15, -0.1) is 0 Å². The van der Waals surface area contributed by atoms with E-state index in [1.807, 2.05) is 0 Å². The zero-order valence-electron chi connectivity index (χ0n) is 11.6. The third kappa shape index (κ3) is 6.42. The van der Waals surface area contributed by atoms with Crippen LogP contribution in [0.25, 0.3) is 0 Å². The average molecular weight is 295 g/mol. The number of esters is 1. The van der Waals surface area contributed by atoms with E-state index in [-0.39, 0.29) is 31.1 Å². The number of carboxylic acid groups (broad SMARTS) is 1. The summed E-state index contributed by atoms with van der Waals surface area (Å²) in [6.07, 6.45) is -0.0378. The van der Waals surface area contributed by atoms with E-state index in [9.17, 15) is 14.4 Å². The Labute approximate surface area is 121 Å². The van der Waals surface area contributed by atoms with Gasteiger partial charge in [0.05, 0.1) is 18.7 Å². The number of rotatable bonds is 8. The maximum Gasteiger partial charge on any atom is 0.341 e. The van der Waals surface area contributed by atoms with Crippen LogP contribution in [-0.4, -0.2) is 36.2 Å². The summed E-state index contributed by atoms with van der Waals surface area (Å²) in [6.45, 7) is 1.45. The molecule has 1 amide bonds. The second-order valence-electron chi connectivity index (χ2n) is 4.03. The van der Waals surface area contributed by atoms with Gasteiger partial charge in [-0.1, -0.05) is 12.1 Å². The highest BCUT2D eigenvalue weighted by Crippen LogP contribution is 2.23. The normalized spacial score (nSPS) is 9.76. The van der Waals surface area contributed by atoms with Crippen LogP contribution in [0.4, 0.5) is 5.69 Å². The van der Waals surface area contributed by atoms with E-state index in [0.29, 0.717) is 5.69 Å². The first-order chi connectivity index (χ1) is 10.0. The van der Waals surface area contributed by atoms with Gasteiger partial charge in [0.2, 0.25) is 5.91 Å². The van der Waals surface area contributed by atoms with Gasteiger partial charge in [0.15, 0.2) is 6.61 Å². The Hall–Kier alpha value is -2.57. The van der Waals surface area contributed by atoms with Crippen molar-refractivity contribution in [3.8, 4) is 5.75 Å². The molecule has 0 spiro atoms. The number of para-hydroxylation sites is 2. The molecule has 0 saturated heterocycles. The summed E-state index contributed by atoms with van der Waals surface area (Å²) in [7, 11) is 0. The summed E-state index contributed by atoms with van der Waals surface area (Å²) in [6, 6.07) is 6.46. The Morgan fingerprint density at radius 3 is 2.57 bits per heavy atom. The average Bonchev–Trinajstić information content (AvgIpc) is 2.44. The van der Waals surface area contributed by atoms with Crippen LogP contribution >= 0.6 is 0 Å². The summed E-state index contributed by atoms with van der Waals surface area (Å²) >= 11 is 0. The van der Waals surface area contributed by atoms with Gasteiger partial charge in [0.1, 0.15) is 5.75 Å². The van der Waals surface area contributed by atoms with Gasteiger partial charge in [-0.25, -0.2) is 4.79 Å². The molecule has 0 bridgehead atoms. The number of nitrogens with one attached hydrogen (secondary N) is 1. The molecule has 21 heavy (non-hydrogen) atoms. The summed E-state index contributed by atoms with van der Waals surface area (Å²) in [5.74, 6) is -1.68. The van der Waals surface area contributed by atoms with Crippen molar-refractivity contribution in [2.45, 2.75) is 19.8 Å². The highest BCUT2D eigenvalue weighted by atomic mass is 16.5. The first-order valence-corrected chi connectivity index (χ1v) is 6.42. The number of benzene rings is 1. The quantitative estimate of drug-likeness (QED) is 0.703. The Kier molecular flexibility index (Phi) is 6.73. The first-order valence-electron chi connectivity index (χ1n) is 6.42. The minimum absolute atomic E-state index is 0.0160. The molecule has 7 heteroatoms. The molecule has 0 heterocycles. The number of carbonyl (C=O) groups excluding carboxylic acids is 2. The predicted molar refractivity (Wildman–Crippen MR) is 74.1 cm³/mol. The summed E-state index contributed by atoms with van der Waals surface area (Å²) in [4.78, 5) is 33.4. The Morgan fingerprint density at radius 1 is 1.19 bits per heavy atom. The maximum atomic E-state index is 11.7. The third-order valence-electron chi connectivity index (χ3n) is 2.37. The van der Waals surface area contributed by atoms with Crippen LogP contribution in [0, 0.1) is 0 Å². The van der Waals surface area contributed by atoms with Crippen molar-refractivity contribution in [1.29, 1.82) is 0 Å². The number of ether oxygens (including phenoxy) is 2. The van der Waals surface area contributed by atoms with Crippen LogP contribution in [0.15, 0.2) is 24.3 Å². The minimum Gasteiger partial charge on any atom is -0.480 e. The molecular formula is C14H17NO6. The Bertz CT molecular complexity index is 514. The van der Waals surface area contributed by atoms with Gasteiger partial charge in [-0.05, 0) is 19.1 Å². The molecule has 0 atom stereocenters. The zero-order chi connectivity index (χ0) is 15.7. The number of hydrogen-bond acceptors (Lipinski definition) is 5. The van der Waals surface area contributed by atoms with Crippen molar-refractivity contribution in [1.82, 2.24) is 0 Å². The molecule has 0 aromatic heterocycles. The molecule has 114 valence electrons. The molecule has 0 saturated carbocycles. The molecule has 1 aromatic carbocycles. The van der Waals surface area contributed by atoms with Gasteiger partial charge in [-0.3, -0.25) is 9.59 Å². The number of carbonyl (C=O) groups is 3. The number of anilines is 1. The van der Waals surface area contributed by atoms with Crippen LogP contribution in [0.5, 0.6) is 5.75 Å². The largest absolute Gasteiger partial charge is 0.480 e. The number of aliphatic carboxylic acids is 1. The van der Waals surface area contributed by atoms with Gasteiger partial charge in [0.25, 0.3) is 0 Å². The first kappa shape index (κ1) is 16.5. The molecular weight excluding hydrogens is 278 g/mol. The lowest BCUT2D eigenvalue weighted by atomic mass is 10.2. The molecule has 0 fully saturated rings. The summed E-state index contributed by atoms with van der Waals surface area (Å²) in [5, 5.41) is 11.1. The fraction of sp³-hybridized carbons (Fsp3) is 0.357. The van der Waals surface area contributed by atoms with Crippen molar-refractivity contribution >= 4 is 23.5 Å². The van der Waals surface area contributed by atoms with Crippen LogP contribution in [0.1, 0.15) is 19.8 Å². The third-order valence-corrected chi connectivity index (χ3v) is 2.37. The highest BCUT2D eigenvalue weighted by Gasteiger charge is 2.11. The van der Waals surface area contributed by atoms with Crippen molar-refractivity contribution < 1.29 is 29.0 Å². The van der Waals surface area contributed by atoms with E-state index in [1.165, 1.54) is 0 Å². The molecule has 0 aliphatic rings. The molecule has 2 N–H and O–H groups in total. The van der Waals surface area contributed by atoms with Crippen LogP contribution < -0.4 is 10.1 Å².